The summed E-state index contributed by atoms with van der Waals surface area (Å²) in [7, 11) is 2.20. The van der Waals surface area contributed by atoms with Gasteiger partial charge < -0.3 is 15.4 Å². The standard InChI is InChI=1S/C14H28N2O/c1-16-10-7-14(8-11-16)17-13-4-2-12(3-5-13)6-9-15/h12-14H,2-11,15H2,1H3. The molecule has 100 valence electrons. The summed E-state index contributed by atoms with van der Waals surface area (Å²) in [6.45, 7) is 3.26. The molecule has 3 heteroatoms. The fourth-order valence-corrected chi connectivity index (χ4v) is 3.19. The van der Waals surface area contributed by atoms with Crippen LogP contribution < -0.4 is 5.73 Å². The van der Waals surface area contributed by atoms with E-state index in [0.29, 0.717) is 12.2 Å². The van der Waals surface area contributed by atoms with Crippen molar-refractivity contribution in [3.05, 3.63) is 0 Å². The van der Waals surface area contributed by atoms with Crippen molar-refractivity contribution in [2.75, 3.05) is 26.7 Å². The second-order valence-corrected chi connectivity index (χ2v) is 5.86. The first kappa shape index (κ1) is 13.3. The van der Waals surface area contributed by atoms with E-state index in [2.05, 4.69) is 11.9 Å². The van der Waals surface area contributed by atoms with Crippen molar-refractivity contribution in [3.8, 4) is 0 Å². The first-order valence-electron chi connectivity index (χ1n) is 7.32. The molecular formula is C14H28N2O. The highest BCUT2D eigenvalue weighted by Gasteiger charge is 2.25. The van der Waals surface area contributed by atoms with E-state index in [9.17, 15) is 0 Å². The van der Waals surface area contributed by atoms with Crippen LogP contribution in [0.4, 0.5) is 0 Å². The Bertz CT molecular complexity index is 206. The molecule has 17 heavy (non-hydrogen) atoms. The quantitative estimate of drug-likeness (QED) is 0.817. The molecule has 0 radical (unpaired) electrons. The summed E-state index contributed by atoms with van der Waals surface area (Å²) in [5.74, 6) is 0.873. The SMILES string of the molecule is CN1CCC(OC2CCC(CCN)CC2)CC1. The van der Waals surface area contributed by atoms with Crippen molar-refractivity contribution in [1.82, 2.24) is 4.90 Å². The molecule has 0 spiro atoms. The second kappa shape index (κ2) is 6.72. The van der Waals surface area contributed by atoms with Crippen LogP contribution in [0.15, 0.2) is 0 Å². The van der Waals surface area contributed by atoms with Gasteiger partial charge in [-0.05, 0) is 64.5 Å². The van der Waals surface area contributed by atoms with E-state index >= 15 is 0 Å². The van der Waals surface area contributed by atoms with E-state index in [4.69, 9.17) is 10.5 Å². The van der Waals surface area contributed by atoms with Crippen LogP contribution in [0, 0.1) is 5.92 Å². The molecule has 0 aromatic rings. The Hall–Kier alpha value is -0.120. The van der Waals surface area contributed by atoms with Crippen LogP contribution in [0.3, 0.4) is 0 Å². The maximum atomic E-state index is 6.25. The first-order chi connectivity index (χ1) is 8.28. The molecule has 0 aromatic carbocycles. The van der Waals surface area contributed by atoms with Gasteiger partial charge in [-0.1, -0.05) is 0 Å². The van der Waals surface area contributed by atoms with E-state index in [1.165, 1.54) is 58.0 Å². The first-order valence-corrected chi connectivity index (χ1v) is 7.32. The molecule has 0 aromatic heterocycles. The molecule has 0 amide bonds. The summed E-state index contributed by atoms with van der Waals surface area (Å²) in [5, 5.41) is 0. The highest BCUT2D eigenvalue weighted by molar-refractivity contribution is 4.76. The molecule has 0 atom stereocenters. The Balaban J connectivity index is 1.64. The lowest BCUT2D eigenvalue weighted by Gasteiger charge is -2.34. The molecule has 1 aliphatic heterocycles. The summed E-state index contributed by atoms with van der Waals surface area (Å²) in [6, 6.07) is 0. The van der Waals surface area contributed by atoms with Gasteiger partial charge in [0.25, 0.3) is 0 Å². The van der Waals surface area contributed by atoms with E-state index < -0.39 is 0 Å². The average molecular weight is 240 g/mol. The van der Waals surface area contributed by atoms with E-state index in [-0.39, 0.29) is 0 Å². The zero-order chi connectivity index (χ0) is 12.1. The third-order valence-corrected chi connectivity index (χ3v) is 4.42. The van der Waals surface area contributed by atoms with Gasteiger partial charge in [-0.2, -0.15) is 0 Å². The zero-order valence-corrected chi connectivity index (χ0v) is 11.2. The summed E-state index contributed by atoms with van der Waals surface area (Å²) >= 11 is 0. The number of nitrogens with two attached hydrogens (primary N) is 1. The van der Waals surface area contributed by atoms with Gasteiger partial charge in [0.15, 0.2) is 0 Å². The summed E-state index contributed by atoms with van der Waals surface area (Å²) in [6.07, 6.45) is 9.90. The Kier molecular flexibility index (Phi) is 5.26. The number of hydrogen-bond acceptors (Lipinski definition) is 3. The van der Waals surface area contributed by atoms with Gasteiger partial charge in [-0.15, -0.1) is 0 Å². The molecule has 1 saturated heterocycles. The van der Waals surface area contributed by atoms with Crippen molar-refractivity contribution in [2.45, 2.75) is 57.2 Å². The number of nitrogens with zero attached hydrogens (tertiary/aromatic N) is 1. The largest absolute Gasteiger partial charge is 0.375 e. The maximum absolute atomic E-state index is 6.25. The van der Waals surface area contributed by atoms with Crippen molar-refractivity contribution >= 4 is 0 Å². The van der Waals surface area contributed by atoms with Crippen molar-refractivity contribution in [1.29, 1.82) is 0 Å². The predicted molar refractivity (Wildman–Crippen MR) is 71.0 cm³/mol. The number of hydrogen-bond donors (Lipinski definition) is 1. The van der Waals surface area contributed by atoms with Crippen LogP contribution in [0.5, 0.6) is 0 Å². The molecule has 0 unspecified atom stereocenters. The van der Waals surface area contributed by atoms with Crippen molar-refractivity contribution in [3.63, 3.8) is 0 Å². The van der Waals surface area contributed by atoms with Gasteiger partial charge in [0.1, 0.15) is 0 Å². The van der Waals surface area contributed by atoms with E-state index in [0.717, 1.165) is 12.5 Å². The van der Waals surface area contributed by atoms with Gasteiger partial charge in [0.05, 0.1) is 12.2 Å². The molecule has 0 bridgehead atoms. The Morgan fingerprint density at radius 2 is 1.59 bits per heavy atom. The average Bonchev–Trinajstić information content (AvgIpc) is 2.35. The maximum Gasteiger partial charge on any atom is 0.0603 e. The molecule has 1 aliphatic carbocycles. The van der Waals surface area contributed by atoms with E-state index in [1.54, 1.807) is 0 Å². The van der Waals surface area contributed by atoms with Crippen LogP contribution in [0.1, 0.15) is 44.9 Å². The monoisotopic (exact) mass is 240 g/mol. The van der Waals surface area contributed by atoms with Crippen LogP contribution in [0.25, 0.3) is 0 Å². The van der Waals surface area contributed by atoms with Gasteiger partial charge in [-0.3, -0.25) is 0 Å². The zero-order valence-electron chi connectivity index (χ0n) is 11.2. The highest BCUT2D eigenvalue weighted by atomic mass is 16.5. The molecule has 1 heterocycles. The molecule has 3 nitrogen and oxygen atoms in total. The number of likely N-dealkylation sites (tertiary alicyclic amines) is 1. The molecule has 2 aliphatic rings. The van der Waals surface area contributed by atoms with Gasteiger partial charge in [0, 0.05) is 13.1 Å². The topological polar surface area (TPSA) is 38.5 Å². The van der Waals surface area contributed by atoms with Crippen LogP contribution in [-0.4, -0.2) is 43.8 Å². The van der Waals surface area contributed by atoms with Gasteiger partial charge in [0.2, 0.25) is 0 Å². The molecule has 1 saturated carbocycles. The number of ether oxygens (including phenoxy) is 1. The number of rotatable bonds is 4. The van der Waals surface area contributed by atoms with Gasteiger partial charge >= 0.3 is 0 Å². The van der Waals surface area contributed by atoms with E-state index in [1.807, 2.05) is 0 Å². The summed E-state index contributed by atoms with van der Waals surface area (Å²) in [4.78, 5) is 2.40. The lowest BCUT2D eigenvalue weighted by molar-refractivity contribution is -0.0587. The fraction of sp³-hybridized carbons (Fsp3) is 1.00. The lowest BCUT2D eigenvalue weighted by Crippen LogP contribution is -2.37. The summed E-state index contributed by atoms with van der Waals surface area (Å²) < 4.78 is 6.25. The molecular weight excluding hydrogens is 212 g/mol. The molecule has 2 rings (SSSR count). The third kappa shape index (κ3) is 4.23. The molecule has 2 N–H and O–H groups in total. The minimum absolute atomic E-state index is 0.530. The highest BCUT2D eigenvalue weighted by Crippen LogP contribution is 2.29. The lowest BCUT2D eigenvalue weighted by atomic mass is 9.85. The van der Waals surface area contributed by atoms with Crippen molar-refractivity contribution < 1.29 is 4.74 Å². The van der Waals surface area contributed by atoms with Crippen molar-refractivity contribution in [2.24, 2.45) is 11.7 Å². The third-order valence-electron chi connectivity index (χ3n) is 4.42. The van der Waals surface area contributed by atoms with Crippen LogP contribution in [-0.2, 0) is 4.74 Å². The van der Waals surface area contributed by atoms with Gasteiger partial charge in [-0.25, -0.2) is 0 Å². The normalized spacial score (nSPS) is 32.8. The molecule has 2 fully saturated rings. The minimum atomic E-state index is 0.530. The predicted octanol–water partition coefficient (Wildman–Crippen LogP) is 2.00. The fourth-order valence-electron chi connectivity index (χ4n) is 3.19. The Labute approximate surface area is 106 Å². The smallest absolute Gasteiger partial charge is 0.0603 e. The Morgan fingerprint density at radius 3 is 2.18 bits per heavy atom. The minimum Gasteiger partial charge on any atom is -0.375 e. The van der Waals surface area contributed by atoms with Crippen LogP contribution in [0.2, 0.25) is 0 Å². The number of piperidine rings is 1. The summed E-state index contributed by atoms with van der Waals surface area (Å²) in [5.41, 5.74) is 5.62. The van der Waals surface area contributed by atoms with Crippen LogP contribution >= 0.6 is 0 Å². The Morgan fingerprint density at radius 1 is 1.00 bits per heavy atom. The second-order valence-electron chi connectivity index (χ2n) is 5.86.